The number of halogens is 3. The molecule has 0 bridgehead atoms. The predicted octanol–water partition coefficient (Wildman–Crippen LogP) is 3.36. The number of nitrogen functional groups attached to an aromatic ring is 1. The van der Waals surface area contributed by atoms with E-state index in [2.05, 4.69) is 10.3 Å². The maximum Gasteiger partial charge on any atom is 0.255 e. The molecule has 0 aliphatic heterocycles. The van der Waals surface area contributed by atoms with Crippen LogP contribution in [-0.2, 0) is 0 Å². The Bertz CT molecular complexity index is 629. The Kier molecular flexibility index (Phi) is 3.87. The minimum atomic E-state index is -0.703. The van der Waals surface area contributed by atoms with Crippen LogP contribution in [0.5, 0.6) is 0 Å². The number of aromatic nitrogens is 1. The van der Waals surface area contributed by atoms with E-state index in [1.54, 1.807) is 0 Å². The first kappa shape index (κ1) is 13.6. The third kappa shape index (κ3) is 3.13. The van der Waals surface area contributed by atoms with E-state index in [1.807, 2.05) is 0 Å². The molecular weight excluding hydrogens is 292 g/mol. The first-order chi connectivity index (χ1) is 8.97. The molecule has 0 aliphatic carbocycles. The summed E-state index contributed by atoms with van der Waals surface area (Å²) in [5, 5.41) is 2.38. The van der Waals surface area contributed by atoms with Crippen LogP contribution in [0.1, 0.15) is 10.4 Å². The van der Waals surface area contributed by atoms with Crippen LogP contribution < -0.4 is 11.1 Å². The van der Waals surface area contributed by atoms with E-state index in [-0.39, 0.29) is 27.2 Å². The Labute approximate surface area is 118 Å². The second-order valence-electron chi connectivity index (χ2n) is 3.66. The second kappa shape index (κ2) is 5.42. The van der Waals surface area contributed by atoms with Gasteiger partial charge in [-0.3, -0.25) is 4.79 Å². The maximum absolute atomic E-state index is 13.6. The van der Waals surface area contributed by atoms with Gasteiger partial charge in [-0.25, -0.2) is 9.37 Å². The third-order valence-electron chi connectivity index (χ3n) is 2.28. The van der Waals surface area contributed by atoms with Crippen molar-refractivity contribution in [1.29, 1.82) is 0 Å². The average Bonchev–Trinajstić information content (AvgIpc) is 2.33. The van der Waals surface area contributed by atoms with Gasteiger partial charge in [-0.05, 0) is 24.3 Å². The van der Waals surface area contributed by atoms with E-state index in [9.17, 15) is 9.18 Å². The van der Waals surface area contributed by atoms with Crippen LogP contribution in [0, 0.1) is 5.82 Å². The van der Waals surface area contributed by atoms with Crippen molar-refractivity contribution in [3.63, 3.8) is 0 Å². The molecule has 0 atom stereocenters. The van der Waals surface area contributed by atoms with E-state index in [0.717, 1.165) is 0 Å². The van der Waals surface area contributed by atoms with Crippen molar-refractivity contribution in [3.05, 3.63) is 51.9 Å². The molecular formula is C12H8Cl2FN3O. The topological polar surface area (TPSA) is 68.0 Å². The monoisotopic (exact) mass is 299 g/mol. The lowest BCUT2D eigenvalue weighted by molar-refractivity contribution is 0.102. The zero-order valence-electron chi connectivity index (χ0n) is 9.45. The molecule has 7 heteroatoms. The van der Waals surface area contributed by atoms with E-state index < -0.39 is 11.7 Å². The number of anilines is 2. The number of rotatable bonds is 2. The van der Waals surface area contributed by atoms with Crippen molar-refractivity contribution >= 4 is 40.6 Å². The lowest BCUT2D eigenvalue weighted by Gasteiger charge is -2.07. The van der Waals surface area contributed by atoms with Gasteiger partial charge < -0.3 is 11.1 Å². The zero-order valence-corrected chi connectivity index (χ0v) is 11.0. The van der Waals surface area contributed by atoms with Crippen LogP contribution >= 0.6 is 23.2 Å². The highest BCUT2D eigenvalue weighted by molar-refractivity contribution is 6.31. The van der Waals surface area contributed by atoms with E-state index in [0.29, 0.717) is 0 Å². The summed E-state index contributed by atoms with van der Waals surface area (Å²) in [7, 11) is 0. The van der Waals surface area contributed by atoms with Crippen molar-refractivity contribution in [3.8, 4) is 0 Å². The molecule has 0 aliphatic rings. The Balaban J connectivity index is 2.28. The van der Waals surface area contributed by atoms with Crippen molar-refractivity contribution in [1.82, 2.24) is 4.98 Å². The van der Waals surface area contributed by atoms with Crippen LogP contribution in [0.3, 0.4) is 0 Å². The first-order valence-electron chi connectivity index (χ1n) is 5.16. The second-order valence-corrected chi connectivity index (χ2v) is 4.45. The Morgan fingerprint density at radius 1 is 1.32 bits per heavy atom. The Hall–Kier alpha value is -1.85. The molecule has 4 nitrogen and oxygen atoms in total. The average molecular weight is 300 g/mol. The highest BCUT2D eigenvalue weighted by Gasteiger charge is 2.12. The van der Waals surface area contributed by atoms with Gasteiger partial charge in [0.05, 0.1) is 10.7 Å². The van der Waals surface area contributed by atoms with Gasteiger partial charge in [0, 0.05) is 5.56 Å². The summed E-state index contributed by atoms with van der Waals surface area (Å²) in [6.07, 6.45) is 0. The number of nitrogens with zero attached hydrogens (tertiary/aromatic N) is 1. The van der Waals surface area contributed by atoms with Gasteiger partial charge >= 0.3 is 0 Å². The maximum atomic E-state index is 13.6. The molecule has 1 aromatic heterocycles. The van der Waals surface area contributed by atoms with Gasteiger partial charge in [-0.2, -0.15) is 0 Å². The van der Waals surface area contributed by atoms with Crippen molar-refractivity contribution in [2.45, 2.75) is 0 Å². The van der Waals surface area contributed by atoms with Crippen molar-refractivity contribution < 1.29 is 9.18 Å². The van der Waals surface area contributed by atoms with E-state index >= 15 is 0 Å². The molecule has 19 heavy (non-hydrogen) atoms. The van der Waals surface area contributed by atoms with Gasteiger partial charge in [0.2, 0.25) is 0 Å². The number of hydrogen-bond acceptors (Lipinski definition) is 3. The Morgan fingerprint density at radius 2 is 2.05 bits per heavy atom. The highest BCUT2D eigenvalue weighted by atomic mass is 35.5. The number of carbonyl (C=O) groups is 1. The molecule has 0 saturated heterocycles. The first-order valence-corrected chi connectivity index (χ1v) is 5.91. The summed E-state index contributed by atoms with van der Waals surface area (Å²) in [5.41, 5.74) is 5.63. The van der Waals surface area contributed by atoms with Crippen molar-refractivity contribution in [2.24, 2.45) is 0 Å². The van der Waals surface area contributed by atoms with Crippen LogP contribution in [0.4, 0.5) is 15.9 Å². The molecule has 1 heterocycles. The van der Waals surface area contributed by atoms with E-state index in [1.165, 1.54) is 30.3 Å². The Morgan fingerprint density at radius 3 is 2.74 bits per heavy atom. The minimum Gasteiger partial charge on any atom is -0.384 e. The van der Waals surface area contributed by atoms with Gasteiger partial charge in [0.15, 0.2) is 5.82 Å². The van der Waals surface area contributed by atoms with E-state index in [4.69, 9.17) is 28.9 Å². The molecule has 0 fully saturated rings. The molecule has 2 aromatic rings. The van der Waals surface area contributed by atoms with Crippen LogP contribution in [0.15, 0.2) is 30.3 Å². The van der Waals surface area contributed by atoms with Crippen molar-refractivity contribution in [2.75, 3.05) is 11.1 Å². The fraction of sp³-hybridized carbons (Fsp3) is 0. The SMILES string of the molecule is Nc1cc(C(=O)Nc2cccc(Cl)c2F)cc(Cl)n1. The molecule has 1 aromatic carbocycles. The molecule has 0 spiro atoms. The largest absolute Gasteiger partial charge is 0.384 e. The van der Waals surface area contributed by atoms with Crippen LogP contribution in [-0.4, -0.2) is 10.9 Å². The molecule has 98 valence electrons. The standard InChI is InChI=1S/C12H8Cl2FN3O/c13-7-2-1-3-8(11(7)15)17-12(19)6-4-9(14)18-10(16)5-6/h1-5H,(H2,16,18)(H,17,19). The fourth-order valence-electron chi connectivity index (χ4n) is 1.44. The van der Waals surface area contributed by atoms with Crippen LogP contribution in [0.2, 0.25) is 10.2 Å². The molecule has 3 N–H and O–H groups in total. The number of hydrogen-bond donors (Lipinski definition) is 2. The quantitative estimate of drug-likeness (QED) is 0.836. The fourth-order valence-corrected chi connectivity index (χ4v) is 1.83. The number of nitrogens with two attached hydrogens (primary N) is 1. The molecule has 0 saturated carbocycles. The lowest BCUT2D eigenvalue weighted by Crippen LogP contribution is -2.13. The summed E-state index contributed by atoms with van der Waals surface area (Å²) < 4.78 is 13.6. The number of carbonyl (C=O) groups excluding carboxylic acids is 1. The summed E-state index contributed by atoms with van der Waals surface area (Å²) in [5.74, 6) is -1.16. The summed E-state index contributed by atoms with van der Waals surface area (Å²) >= 11 is 11.3. The molecule has 0 radical (unpaired) electrons. The molecule has 1 amide bonds. The molecule has 0 unspecified atom stereocenters. The third-order valence-corrected chi connectivity index (χ3v) is 2.76. The number of pyridine rings is 1. The summed E-state index contributed by atoms with van der Waals surface area (Å²) in [6, 6.07) is 6.97. The summed E-state index contributed by atoms with van der Waals surface area (Å²) in [4.78, 5) is 15.6. The highest BCUT2D eigenvalue weighted by Crippen LogP contribution is 2.23. The summed E-state index contributed by atoms with van der Waals surface area (Å²) in [6.45, 7) is 0. The van der Waals surface area contributed by atoms with Gasteiger partial charge in [-0.1, -0.05) is 29.3 Å². The number of amides is 1. The van der Waals surface area contributed by atoms with Gasteiger partial charge in [-0.15, -0.1) is 0 Å². The normalized spacial score (nSPS) is 10.3. The molecule has 2 rings (SSSR count). The van der Waals surface area contributed by atoms with Crippen LogP contribution in [0.25, 0.3) is 0 Å². The smallest absolute Gasteiger partial charge is 0.255 e. The van der Waals surface area contributed by atoms with Gasteiger partial charge in [0.1, 0.15) is 11.0 Å². The zero-order chi connectivity index (χ0) is 14.0. The predicted molar refractivity (Wildman–Crippen MR) is 73.0 cm³/mol. The van der Waals surface area contributed by atoms with Gasteiger partial charge in [0.25, 0.3) is 5.91 Å². The lowest BCUT2D eigenvalue weighted by atomic mass is 10.2. The number of benzene rings is 1. The number of nitrogens with one attached hydrogen (secondary N) is 1. The minimum absolute atomic E-state index is 0.0241.